The molecule has 0 radical (unpaired) electrons. The van der Waals surface area contributed by atoms with Crippen LogP contribution in [0, 0.1) is 0 Å². The van der Waals surface area contributed by atoms with Gasteiger partial charge in [0.15, 0.2) is 5.75 Å². The molecule has 3 nitrogen and oxygen atoms in total. The standard InChI is InChI=1S/C15H21Cl2NO2/c1-2-5-20-15-13(16)7-11(8-14(15)17)9-18-10-12-4-3-6-19-12/h7-8,12,18H,2-6,9-10H2,1H3/t12-/m1/s1. The topological polar surface area (TPSA) is 30.5 Å². The second-order valence-corrected chi connectivity index (χ2v) is 5.82. The van der Waals surface area contributed by atoms with E-state index in [0.29, 0.717) is 28.5 Å². The summed E-state index contributed by atoms with van der Waals surface area (Å²) in [4.78, 5) is 0. The number of hydrogen-bond donors (Lipinski definition) is 1. The third-order valence-electron chi connectivity index (χ3n) is 3.23. The van der Waals surface area contributed by atoms with Gasteiger partial charge in [-0.1, -0.05) is 30.1 Å². The third kappa shape index (κ3) is 4.52. The van der Waals surface area contributed by atoms with Crippen LogP contribution in [0.4, 0.5) is 0 Å². The number of benzene rings is 1. The van der Waals surface area contributed by atoms with Crippen LogP contribution in [0.5, 0.6) is 5.75 Å². The van der Waals surface area contributed by atoms with Gasteiger partial charge in [-0.25, -0.2) is 0 Å². The molecule has 1 saturated heterocycles. The van der Waals surface area contributed by atoms with E-state index < -0.39 is 0 Å². The predicted octanol–water partition coefficient (Wildman–Crippen LogP) is 4.05. The molecule has 1 aliphatic heterocycles. The van der Waals surface area contributed by atoms with Gasteiger partial charge in [0.1, 0.15) is 0 Å². The fraction of sp³-hybridized carbons (Fsp3) is 0.600. The van der Waals surface area contributed by atoms with Crippen molar-refractivity contribution in [2.75, 3.05) is 19.8 Å². The normalized spacial score (nSPS) is 18.4. The van der Waals surface area contributed by atoms with E-state index in [1.54, 1.807) is 0 Å². The van der Waals surface area contributed by atoms with E-state index in [2.05, 4.69) is 5.32 Å². The van der Waals surface area contributed by atoms with E-state index in [1.807, 2.05) is 19.1 Å². The van der Waals surface area contributed by atoms with E-state index in [1.165, 1.54) is 0 Å². The van der Waals surface area contributed by atoms with Crippen molar-refractivity contribution in [3.63, 3.8) is 0 Å². The zero-order valence-corrected chi connectivity index (χ0v) is 13.3. The average molecular weight is 318 g/mol. The molecule has 0 aliphatic carbocycles. The molecule has 1 aliphatic rings. The lowest BCUT2D eigenvalue weighted by Crippen LogP contribution is -2.25. The Morgan fingerprint density at radius 3 is 2.70 bits per heavy atom. The fourth-order valence-electron chi connectivity index (χ4n) is 2.24. The van der Waals surface area contributed by atoms with E-state index in [9.17, 15) is 0 Å². The highest BCUT2D eigenvalue weighted by molar-refractivity contribution is 6.37. The van der Waals surface area contributed by atoms with Crippen LogP contribution in [-0.4, -0.2) is 25.9 Å². The molecule has 0 amide bonds. The van der Waals surface area contributed by atoms with E-state index >= 15 is 0 Å². The fourth-order valence-corrected chi connectivity index (χ4v) is 2.88. The first-order valence-corrected chi connectivity index (χ1v) is 7.89. The first kappa shape index (κ1) is 15.9. The molecular formula is C15H21Cl2NO2. The maximum Gasteiger partial charge on any atom is 0.156 e. The van der Waals surface area contributed by atoms with Gasteiger partial charge in [-0.2, -0.15) is 0 Å². The van der Waals surface area contributed by atoms with Crippen LogP contribution in [0.3, 0.4) is 0 Å². The highest BCUT2D eigenvalue weighted by Gasteiger charge is 2.15. The maximum absolute atomic E-state index is 6.21. The first-order valence-electron chi connectivity index (χ1n) is 7.13. The van der Waals surface area contributed by atoms with Gasteiger partial charge in [0.25, 0.3) is 0 Å². The smallest absolute Gasteiger partial charge is 0.156 e. The van der Waals surface area contributed by atoms with E-state index in [-0.39, 0.29) is 0 Å². The second kappa shape index (κ2) is 8.08. The van der Waals surface area contributed by atoms with Gasteiger partial charge >= 0.3 is 0 Å². The number of nitrogens with one attached hydrogen (secondary N) is 1. The van der Waals surface area contributed by atoms with Gasteiger partial charge in [0.2, 0.25) is 0 Å². The molecule has 0 bridgehead atoms. The summed E-state index contributed by atoms with van der Waals surface area (Å²) in [5.74, 6) is 0.582. The Morgan fingerprint density at radius 1 is 1.35 bits per heavy atom. The molecule has 1 heterocycles. The zero-order valence-electron chi connectivity index (χ0n) is 11.8. The molecule has 0 aromatic heterocycles. The average Bonchev–Trinajstić information content (AvgIpc) is 2.91. The third-order valence-corrected chi connectivity index (χ3v) is 3.80. The number of halogens is 2. The van der Waals surface area contributed by atoms with Gasteiger partial charge in [-0.15, -0.1) is 0 Å². The largest absolute Gasteiger partial charge is 0.490 e. The molecule has 2 rings (SSSR count). The van der Waals surface area contributed by atoms with Crippen LogP contribution in [0.25, 0.3) is 0 Å². The molecule has 112 valence electrons. The van der Waals surface area contributed by atoms with Gasteiger partial charge in [-0.3, -0.25) is 0 Å². The van der Waals surface area contributed by atoms with Crippen LogP contribution < -0.4 is 10.1 Å². The lowest BCUT2D eigenvalue weighted by molar-refractivity contribution is 0.110. The van der Waals surface area contributed by atoms with Crippen LogP contribution >= 0.6 is 23.2 Å². The summed E-state index contributed by atoms with van der Waals surface area (Å²) in [5, 5.41) is 4.52. The monoisotopic (exact) mass is 317 g/mol. The predicted molar refractivity (Wildman–Crippen MR) is 82.9 cm³/mol. The number of ether oxygens (including phenoxy) is 2. The summed E-state index contributed by atoms with van der Waals surface area (Å²) in [6.45, 7) is 5.14. The number of rotatable bonds is 7. The minimum absolute atomic E-state index is 0.341. The van der Waals surface area contributed by atoms with Gasteiger partial charge in [0, 0.05) is 19.7 Å². The Kier molecular flexibility index (Phi) is 6.43. The van der Waals surface area contributed by atoms with E-state index in [4.69, 9.17) is 32.7 Å². The summed E-state index contributed by atoms with van der Waals surface area (Å²) < 4.78 is 11.1. The van der Waals surface area contributed by atoms with Gasteiger partial charge in [-0.05, 0) is 37.0 Å². The molecule has 5 heteroatoms. The van der Waals surface area contributed by atoms with Crippen LogP contribution in [0.1, 0.15) is 31.7 Å². The minimum Gasteiger partial charge on any atom is -0.490 e. The lowest BCUT2D eigenvalue weighted by Gasteiger charge is -2.13. The second-order valence-electron chi connectivity index (χ2n) is 5.00. The van der Waals surface area contributed by atoms with Crippen molar-refractivity contribution in [1.82, 2.24) is 5.32 Å². The van der Waals surface area contributed by atoms with Crippen molar-refractivity contribution < 1.29 is 9.47 Å². The van der Waals surface area contributed by atoms with Crippen molar-refractivity contribution in [2.24, 2.45) is 0 Å². The Balaban J connectivity index is 1.88. The zero-order chi connectivity index (χ0) is 14.4. The molecule has 1 aromatic carbocycles. The van der Waals surface area contributed by atoms with Gasteiger partial charge < -0.3 is 14.8 Å². The maximum atomic E-state index is 6.21. The summed E-state index contributed by atoms with van der Waals surface area (Å²) in [7, 11) is 0. The Bertz CT molecular complexity index is 411. The highest BCUT2D eigenvalue weighted by Crippen LogP contribution is 2.34. The van der Waals surface area contributed by atoms with Gasteiger partial charge in [0.05, 0.1) is 22.8 Å². The molecule has 1 N–H and O–H groups in total. The van der Waals surface area contributed by atoms with Crippen LogP contribution in [0.2, 0.25) is 10.0 Å². The van der Waals surface area contributed by atoms with Crippen LogP contribution in [-0.2, 0) is 11.3 Å². The van der Waals surface area contributed by atoms with E-state index in [0.717, 1.165) is 44.5 Å². The SMILES string of the molecule is CCCOc1c(Cl)cc(CNC[C@H]2CCCO2)cc1Cl. The Hall–Kier alpha value is -0.480. The minimum atomic E-state index is 0.341. The summed E-state index contributed by atoms with van der Waals surface area (Å²) in [6, 6.07) is 3.81. The Labute approximate surface area is 130 Å². The molecule has 0 spiro atoms. The summed E-state index contributed by atoms with van der Waals surface area (Å²) in [6.07, 6.45) is 3.57. The van der Waals surface area contributed by atoms with Crippen molar-refractivity contribution >= 4 is 23.2 Å². The van der Waals surface area contributed by atoms with Crippen molar-refractivity contribution in [3.8, 4) is 5.75 Å². The molecule has 1 aromatic rings. The Morgan fingerprint density at radius 2 is 2.10 bits per heavy atom. The lowest BCUT2D eigenvalue weighted by atomic mass is 10.2. The first-order chi connectivity index (χ1) is 9.70. The molecule has 20 heavy (non-hydrogen) atoms. The molecular weight excluding hydrogens is 297 g/mol. The quantitative estimate of drug-likeness (QED) is 0.823. The molecule has 0 unspecified atom stereocenters. The number of hydrogen-bond acceptors (Lipinski definition) is 3. The molecule has 0 saturated carbocycles. The van der Waals surface area contributed by atoms with Crippen molar-refractivity contribution in [2.45, 2.75) is 38.8 Å². The summed E-state index contributed by atoms with van der Waals surface area (Å²) in [5.41, 5.74) is 1.06. The highest BCUT2D eigenvalue weighted by atomic mass is 35.5. The molecule has 1 atom stereocenters. The molecule has 1 fully saturated rings. The van der Waals surface area contributed by atoms with Crippen LogP contribution in [0.15, 0.2) is 12.1 Å². The van der Waals surface area contributed by atoms with Crippen molar-refractivity contribution in [3.05, 3.63) is 27.7 Å². The van der Waals surface area contributed by atoms with Crippen molar-refractivity contribution in [1.29, 1.82) is 0 Å². The summed E-state index contributed by atoms with van der Waals surface area (Å²) >= 11 is 12.4.